The molecular formula is C13H10ClN5OS. The summed E-state index contributed by atoms with van der Waals surface area (Å²) in [5.74, 6) is 1.04. The van der Waals surface area contributed by atoms with Gasteiger partial charge in [0.1, 0.15) is 0 Å². The highest BCUT2D eigenvalue weighted by molar-refractivity contribution is 7.18. The summed E-state index contributed by atoms with van der Waals surface area (Å²) in [6, 6.07) is 6.94. The number of hydrogen-bond donors (Lipinski definition) is 1. The number of aromatic nitrogens is 4. The van der Waals surface area contributed by atoms with Gasteiger partial charge in [0.05, 0.1) is 0 Å². The monoisotopic (exact) mass is 319 g/mol. The van der Waals surface area contributed by atoms with Crippen LogP contribution in [0.15, 0.2) is 24.3 Å². The van der Waals surface area contributed by atoms with Crippen LogP contribution in [-0.2, 0) is 0 Å². The van der Waals surface area contributed by atoms with E-state index in [1.807, 2.05) is 0 Å². The average molecular weight is 320 g/mol. The average Bonchev–Trinajstić information content (AvgIpc) is 3.09. The molecule has 1 aliphatic carbocycles. The molecule has 8 heteroatoms. The van der Waals surface area contributed by atoms with Crippen LogP contribution in [-0.4, -0.2) is 25.7 Å². The zero-order valence-corrected chi connectivity index (χ0v) is 12.4. The summed E-state index contributed by atoms with van der Waals surface area (Å²) in [7, 11) is 0. The van der Waals surface area contributed by atoms with Gasteiger partial charge in [-0.2, -0.15) is 4.52 Å². The molecule has 0 bridgehead atoms. The molecule has 6 nitrogen and oxygen atoms in total. The van der Waals surface area contributed by atoms with Crippen LogP contribution in [0.3, 0.4) is 0 Å². The van der Waals surface area contributed by atoms with Crippen molar-refractivity contribution in [2.24, 2.45) is 0 Å². The van der Waals surface area contributed by atoms with E-state index in [0.717, 1.165) is 18.7 Å². The molecule has 1 saturated carbocycles. The van der Waals surface area contributed by atoms with Crippen molar-refractivity contribution in [3.8, 4) is 0 Å². The fourth-order valence-corrected chi connectivity index (χ4v) is 2.91. The summed E-state index contributed by atoms with van der Waals surface area (Å²) < 4.78 is 1.68. The van der Waals surface area contributed by atoms with Crippen molar-refractivity contribution >= 4 is 39.5 Å². The second-order valence-electron chi connectivity index (χ2n) is 4.90. The third-order valence-corrected chi connectivity index (χ3v) is 4.40. The lowest BCUT2D eigenvalue weighted by atomic mass is 10.3. The minimum atomic E-state index is -0.255. The van der Waals surface area contributed by atoms with E-state index in [2.05, 4.69) is 20.6 Å². The summed E-state index contributed by atoms with van der Waals surface area (Å²) in [4.78, 5) is 12.9. The van der Waals surface area contributed by atoms with E-state index in [0.29, 0.717) is 26.6 Å². The summed E-state index contributed by atoms with van der Waals surface area (Å²) in [5.41, 5.74) is 0.679. The third kappa shape index (κ3) is 2.38. The molecule has 21 heavy (non-hydrogen) atoms. The first-order chi connectivity index (χ1) is 10.2. The summed E-state index contributed by atoms with van der Waals surface area (Å²) in [6.45, 7) is 0. The Hall–Kier alpha value is -1.99. The van der Waals surface area contributed by atoms with Gasteiger partial charge < -0.3 is 5.32 Å². The normalized spacial score (nSPS) is 14.5. The quantitative estimate of drug-likeness (QED) is 0.805. The number of carbonyl (C=O) groups excluding carboxylic acids is 1. The summed E-state index contributed by atoms with van der Waals surface area (Å²) in [5, 5.41) is 16.3. The predicted octanol–water partition coefficient (Wildman–Crippen LogP) is 2.97. The molecule has 1 amide bonds. The minimum absolute atomic E-state index is 0.255. The first kappa shape index (κ1) is 12.7. The number of carbonyl (C=O) groups is 1. The fraction of sp³-hybridized carbons (Fsp3) is 0.231. The van der Waals surface area contributed by atoms with E-state index < -0.39 is 0 Å². The number of hydrogen-bond acceptors (Lipinski definition) is 5. The first-order valence-corrected chi connectivity index (χ1v) is 7.69. The maximum Gasteiger partial charge on any atom is 0.286 e. The third-order valence-electron chi connectivity index (χ3n) is 3.25. The number of nitrogens with one attached hydrogen (secondary N) is 1. The van der Waals surface area contributed by atoms with Crippen molar-refractivity contribution in [1.29, 1.82) is 0 Å². The van der Waals surface area contributed by atoms with Gasteiger partial charge in [-0.3, -0.25) is 4.79 Å². The van der Waals surface area contributed by atoms with E-state index in [9.17, 15) is 4.79 Å². The maximum absolute atomic E-state index is 12.2. The molecular weight excluding hydrogens is 310 g/mol. The second-order valence-corrected chi connectivity index (χ2v) is 6.29. The van der Waals surface area contributed by atoms with Crippen LogP contribution in [0.5, 0.6) is 0 Å². The summed E-state index contributed by atoms with van der Waals surface area (Å²) in [6.07, 6.45) is 2.23. The van der Waals surface area contributed by atoms with Gasteiger partial charge in [0.25, 0.3) is 5.91 Å². The van der Waals surface area contributed by atoms with Crippen LogP contribution in [0.1, 0.15) is 34.4 Å². The van der Waals surface area contributed by atoms with Gasteiger partial charge >= 0.3 is 0 Å². The number of amides is 1. The molecule has 1 N–H and O–H groups in total. The molecule has 0 saturated heterocycles. The van der Waals surface area contributed by atoms with Gasteiger partial charge in [0, 0.05) is 16.6 Å². The fourth-order valence-electron chi connectivity index (χ4n) is 2.04. The van der Waals surface area contributed by atoms with Crippen molar-refractivity contribution in [3.63, 3.8) is 0 Å². The van der Waals surface area contributed by atoms with Gasteiger partial charge in [-0.25, -0.2) is 0 Å². The molecule has 0 atom stereocenters. The molecule has 2 heterocycles. The van der Waals surface area contributed by atoms with Crippen LogP contribution in [0, 0.1) is 0 Å². The zero-order chi connectivity index (χ0) is 14.4. The Balaban J connectivity index is 1.60. The molecule has 0 spiro atoms. The van der Waals surface area contributed by atoms with E-state index in [-0.39, 0.29) is 5.91 Å². The van der Waals surface area contributed by atoms with Crippen LogP contribution in [0.2, 0.25) is 5.02 Å². The van der Waals surface area contributed by atoms with E-state index in [4.69, 9.17) is 11.6 Å². The van der Waals surface area contributed by atoms with Crippen molar-refractivity contribution in [3.05, 3.63) is 40.1 Å². The molecule has 0 aliphatic heterocycles. The lowest BCUT2D eigenvalue weighted by Crippen LogP contribution is -2.12. The lowest BCUT2D eigenvalue weighted by Gasteiger charge is -2.02. The highest BCUT2D eigenvalue weighted by Gasteiger charge is 2.30. The van der Waals surface area contributed by atoms with Gasteiger partial charge in [-0.05, 0) is 37.1 Å². The molecule has 1 aromatic carbocycles. The Morgan fingerprint density at radius 1 is 1.29 bits per heavy atom. The highest BCUT2D eigenvalue weighted by atomic mass is 35.5. The Bertz CT molecular complexity index is 821. The molecule has 2 aromatic heterocycles. The molecule has 0 unspecified atom stereocenters. The summed E-state index contributed by atoms with van der Waals surface area (Å²) >= 11 is 7.05. The van der Waals surface area contributed by atoms with E-state index in [1.54, 1.807) is 28.8 Å². The number of rotatable bonds is 3. The Labute approximate surface area is 128 Å². The number of halogens is 1. The van der Waals surface area contributed by atoms with Crippen molar-refractivity contribution in [2.45, 2.75) is 18.8 Å². The number of fused-ring (bicyclic) bond motifs is 1. The highest BCUT2D eigenvalue weighted by Crippen LogP contribution is 2.39. The maximum atomic E-state index is 12.2. The molecule has 106 valence electrons. The lowest BCUT2D eigenvalue weighted by molar-refractivity contribution is 0.102. The molecule has 3 aromatic rings. The van der Waals surface area contributed by atoms with Crippen LogP contribution in [0.25, 0.3) is 4.96 Å². The molecule has 4 rings (SSSR count). The number of anilines is 1. The topological polar surface area (TPSA) is 72.2 Å². The van der Waals surface area contributed by atoms with Gasteiger partial charge in [-0.1, -0.05) is 22.9 Å². The van der Waals surface area contributed by atoms with Crippen molar-refractivity contribution < 1.29 is 4.79 Å². The minimum Gasteiger partial charge on any atom is -0.320 e. The molecule has 1 aliphatic rings. The Morgan fingerprint density at radius 3 is 2.76 bits per heavy atom. The Kier molecular flexibility index (Phi) is 2.90. The smallest absolute Gasteiger partial charge is 0.286 e. The van der Waals surface area contributed by atoms with Crippen molar-refractivity contribution in [2.75, 3.05) is 5.32 Å². The predicted molar refractivity (Wildman–Crippen MR) is 80.0 cm³/mol. The van der Waals surface area contributed by atoms with Crippen LogP contribution < -0.4 is 5.32 Å². The SMILES string of the molecule is O=C(Nc1ccc(Cl)cc1)c1nn2c(C3CC3)nnc2s1. The van der Waals surface area contributed by atoms with E-state index >= 15 is 0 Å². The van der Waals surface area contributed by atoms with Crippen molar-refractivity contribution in [1.82, 2.24) is 19.8 Å². The number of benzene rings is 1. The zero-order valence-electron chi connectivity index (χ0n) is 10.8. The first-order valence-electron chi connectivity index (χ1n) is 6.50. The second kappa shape index (κ2) is 4.78. The number of nitrogens with zero attached hydrogens (tertiary/aromatic N) is 4. The van der Waals surface area contributed by atoms with Gasteiger partial charge in [0.2, 0.25) is 9.97 Å². The van der Waals surface area contributed by atoms with Crippen LogP contribution >= 0.6 is 22.9 Å². The standard InChI is InChI=1S/C13H10ClN5OS/c14-8-3-5-9(6-4-8)15-11(20)12-18-19-10(7-1-2-7)16-17-13(19)21-12/h3-7H,1-2H2,(H,15,20). The largest absolute Gasteiger partial charge is 0.320 e. The molecule has 0 radical (unpaired) electrons. The van der Waals surface area contributed by atoms with Gasteiger partial charge in [-0.15, -0.1) is 15.3 Å². The van der Waals surface area contributed by atoms with E-state index in [1.165, 1.54) is 11.3 Å². The van der Waals surface area contributed by atoms with Crippen LogP contribution in [0.4, 0.5) is 5.69 Å². The molecule has 1 fully saturated rings. The van der Waals surface area contributed by atoms with Gasteiger partial charge in [0.15, 0.2) is 5.82 Å². The Morgan fingerprint density at radius 2 is 2.05 bits per heavy atom.